The average molecular weight is 311 g/mol. The van der Waals surface area contributed by atoms with Gasteiger partial charge in [0.25, 0.3) is 0 Å². The highest BCUT2D eigenvalue weighted by Crippen LogP contribution is 2.23. The molecule has 2 aliphatic heterocycles. The lowest BCUT2D eigenvalue weighted by Crippen LogP contribution is -2.63. The zero-order valence-corrected chi connectivity index (χ0v) is 13.3. The number of anilines is 2. The Morgan fingerprint density at radius 1 is 0.913 bits per heavy atom. The van der Waals surface area contributed by atoms with E-state index in [4.69, 9.17) is 0 Å². The number of aromatic nitrogens is 4. The number of rotatable bonds is 3. The van der Waals surface area contributed by atoms with Gasteiger partial charge in [0.1, 0.15) is 11.6 Å². The van der Waals surface area contributed by atoms with E-state index in [1.165, 1.54) is 0 Å². The largest absolute Gasteiger partial charge is 0.353 e. The van der Waals surface area contributed by atoms with E-state index in [9.17, 15) is 0 Å². The molecular formula is C16H21N7. The van der Waals surface area contributed by atoms with Crippen LogP contribution in [0.25, 0.3) is 0 Å². The first-order valence-corrected chi connectivity index (χ1v) is 8.10. The summed E-state index contributed by atoms with van der Waals surface area (Å²) in [6.07, 6.45) is 5.45. The molecule has 0 N–H and O–H groups in total. The van der Waals surface area contributed by atoms with Crippen molar-refractivity contribution in [1.29, 1.82) is 0 Å². The zero-order valence-electron chi connectivity index (χ0n) is 13.3. The predicted octanol–water partition coefficient (Wildman–Crippen LogP) is 0.586. The Hall–Kier alpha value is -2.28. The molecule has 7 heteroatoms. The van der Waals surface area contributed by atoms with E-state index >= 15 is 0 Å². The Morgan fingerprint density at radius 3 is 2.35 bits per heavy atom. The Balaban J connectivity index is 1.29. The highest BCUT2D eigenvalue weighted by Gasteiger charge is 2.34. The molecule has 2 fully saturated rings. The summed E-state index contributed by atoms with van der Waals surface area (Å²) in [6.45, 7) is 8.17. The van der Waals surface area contributed by atoms with Crippen molar-refractivity contribution in [2.45, 2.75) is 13.0 Å². The number of piperazine rings is 1. The summed E-state index contributed by atoms with van der Waals surface area (Å²) in [5.74, 6) is 2.73. The van der Waals surface area contributed by atoms with Gasteiger partial charge >= 0.3 is 0 Å². The summed E-state index contributed by atoms with van der Waals surface area (Å²) in [4.78, 5) is 24.5. The second kappa shape index (κ2) is 6.08. The van der Waals surface area contributed by atoms with Crippen molar-refractivity contribution in [3.05, 3.63) is 36.5 Å². The van der Waals surface area contributed by atoms with Gasteiger partial charge in [-0.15, -0.1) is 0 Å². The molecule has 7 nitrogen and oxygen atoms in total. The second-order valence-electron chi connectivity index (χ2n) is 6.09. The van der Waals surface area contributed by atoms with Crippen LogP contribution in [0, 0.1) is 6.92 Å². The van der Waals surface area contributed by atoms with E-state index in [0.29, 0.717) is 6.04 Å². The predicted molar refractivity (Wildman–Crippen MR) is 88.6 cm³/mol. The molecule has 0 bridgehead atoms. The van der Waals surface area contributed by atoms with Gasteiger partial charge in [-0.1, -0.05) is 0 Å². The lowest BCUT2D eigenvalue weighted by atomic mass is 10.1. The Bertz CT molecular complexity index is 648. The molecular weight excluding hydrogens is 290 g/mol. The summed E-state index contributed by atoms with van der Waals surface area (Å²) >= 11 is 0. The quantitative estimate of drug-likeness (QED) is 0.822. The molecule has 0 saturated carbocycles. The summed E-state index contributed by atoms with van der Waals surface area (Å²) < 4.78 is 0. The molecule has 4 heterocycles. The van der Waals surface area contributed by atoms with E-state index in [-0.39, 0.29) is 0 Å². The van der Waals surface area contributed by atoms with Gasteiger partial charge in [0, 0.05) is 63.9 Å². The molecule has 0 spiro atoms. The molecule has 23 heavy (non-hydrogen) atoms. The molecule has 0 aromatic carbocycles. The molecule has 0 aliphatic carbocycles. The fraction of sp³-hybridized carbons (Fsp3) is 0.500. The Kier molecular flexibility index (Phi) is 3.78. The molecule has 0 unspecified atom stereocenters. The minimum Gasteiger partial charge on any atom is -0.353 e. The lowest BCUT2D eigenvalue weighted by Gasteiger charge is -2.48. The van der Waals surface area contributed by atoms with Crippen LogP contribution in [0.1, 0.15) is 5.82 Å². The van der Waals surface area contributed by atoms with Crippen molar-refractivity contribution < 1.29 is 0 Å². The normalized spacial score (nSPS) is 19.7. The van der Waals surface area contributed by atoms with E-state index in [0.717, 1.165) is 56.9 Å². The van der Waals surface area contributed by atoms with E-state index < -0.39 is 0 Å². The first kappa shape index (κ1) is 14.3. The SMILES string of the molecule is Cc1nccc(N2CC(N3CCN(c4ncccn4)CC3)C2)n1. The number of aryl methyl sites for hydroxylation is 1. The summed E-state index contributed by atoms with van der Waals surface area (Å²) in [6, 6.07) is 4.48. The van der Waals surface area contributed by atoms with Gasteiger partial charge in [-0.2, -0.15) is 0 Å². The number of hydrogen-bond donors (Lipinski definition) is 0. The summed E-state index contributed by atoms with van der Waals surface area (Å²) in [5, 5.41) is 0. The second-order valence-corrected chi connectivity index (χ2v) is 6.09. The summed E-state index contributed by atoms with van der Waals surface area (Å²) in [7, 11) is 0. The smallest absolute Gasteiger partial charge is 0.225 e. The number of nitrogens with zero attached hydrogens (tertiary/aromatic N) is 7. The molecule has 0 atom stereocenters. The fourth-order valence-corrected chi connectivity index (χ4v) is 3.23. The zero-order chi connectivity index (χ0) is 15.6. The summed E-state index contributed by atoms with van der Waals surface area (Å²) in [5.41, 5.74) is 0. The molecule has 0 radical (unpaired) electrons. The van der Waals surface area contributed by atoms with Crippen molar-refractivity contribution in [3.63, 3.8) is 0 Å². The standard InChI is InChI=1S/C16H21N7/c1-13-17-6-3-15(20-13)23-11-14(12-23)21-7-9-22(10-8-21)16-18-4-2-5-19-16/h2-6,14H,7-12H2,1H3. The van der Waals surface area contributed by atoms with Gasteiger partial charge in [-0.25, -0.2) is 19.9 Å². The van der Waals surface area contributed by atoms with Crippen LogP contribution >= 0.6 is 0 Å². The van der Waals surface area contributed by atoms with Crippen molar-refractivity contribution in [2.75, 3.05) is 49.1 Å². The van der Waals surface area contributed by atoms with Crippen molar-refractivity contribution in [1.82, 2.24) is 24.8 Å². The van der Waals surface area contributed by atoms with Gasteiger partial charge in [0.15, 0.2) is 0 Å². The molecule has 2 aromatic rings. The van der Waals surface area contributed by atoms with Crippen LogP contribution in [0.4, 0.5) is 11.8 Å². The van der Waals surface area contributed by atoms with Gasteiger partial charge < -0.3 is 9.80 Å². The third-order valence-electron chi connectivity index (χ3n) is 4.61. The highest BCUT2D eigenvalue weighted by molar-refractivity contribution is 5.42. The Morgan fingerprint density at radius 2 is 1.65 bits per heavy atom. The monoisotopic (exact) mass is 311 g/mol. The van der Waals surface area contributed by atoms with Crippen LogP contribution in [-0.4, -0.2) is 70.1 Å². The maximum absolute atomic E-state index is 4.50. The van der Waals surface area contributed by atoms with E-state index in [1.54, 1.807) is 0 Å². The van der Waals surface area contributed by atoms with Gasteiger partial charge in [0.05, 0.1) is 0 Å². The number of hydrogen-bond acceptors (Lipinski definition) is 7. The molecule has 4 rings (SSSR count). The molecule has 2 saturated heterocycles. The van der Waals surface area contributed by atoms with Crippen LogP contribution in [0.2, 0.25) is 0 Å². The molecule has 120 valence electrons. The van der Waals surface area contributed by atoms with Gasteiger partial charge in [-0.3, -0.25) is 4.90 Å². The minimum atomic E-state index is 0.629. The van der Waals surface area contributed by atoms with E-state index in [2.05, 4.69) is 34.6 Å². The molecule has 2 aromatic heterocycles. The van der Waals surface area contributed by atoms with E-state index in [1.807, 2.05) is 37.6 Å². The van der Waals surface area contributed by atoms with Crippen LogP contribution in [0.3, 0.4) is 0 Å². The fourth-order valence-electron chi connectivity index (χ4n) is 3.23. The van der Waals surface area contributed by atoms with Crippen LogP contribution in [0.5, 0.6) is 0 Å². The maximum atomic E-state index is 4.50. The third-order valence-corrected chi connectivity index (χ3v) is 4.61. The van der Waals surface area contributed by atoms with Crippen molar-refractivity contribution in [3.8, 4) is 0 Å². The molecule has 0 amide bonds. The van der Waals surface area contributed by atoms with Gasteiger partial charge in [0.2, 0.25) is 5.95 Å². The van der Waals surface area contributed by atoms with Crippen molar-refractivity contribution in [2.24, 2.45) is 0 Å². The topological polar surface area (TPSA) is 61.3 Å². The Labute approximate surface area is 136 Å². The minimum absolute atomic E-state index is 0.629. The van der Waals surface area contributed by atoms with Crippen molar-refractivity contribution >= 4 is 11.8 Å². The van der Waals surface area contributed by atoms with Gasteiger partial charge in [-0.05, 0) is 19.1 Å². The first-order chi connectivity index (χ1) is 11.3. The lowest BCUT2D eigenvalue weighted by molar-refractivity contribution is 0.156. The average Bonchev–Trinajstić information content (AvgIpc) is 2.55. The highest BCUT2D eigenvalue weighted by atomic mass is 15.4. The third kappa shape index (κ3) is 2.96. The van der Waals surface area contributed by atoms with Crippen LogP contribution in [0.15, 0.2) is 30.7 Å². The first-order valence-electron chi connectivity index (χ1n) is 8.10. The maximum Gasteiger partial charge on any atom is 0.225 e. The molecule has 2 aliphatic rings. The van der Waals surface area contributed by atoms with Crippen LogP contribution < -0.4 is 9.80 Å². The van der Waals surface area contributed by atoms with Crippen LogP contribution in [-0.2, 0) is 0 Å².